The van der Waals surface area contributed by atoms with Crippen LogP contribution in [0, 0.1) is 5.92 Å². The number of hydrogen-bond donors (Lipinski definition) is 2. The monoisotopic (exact) mass is 185 g/mol. The molecule has 0 aliphatic heterocycles. The second-order valence-electron chi connectivity index (χ2n) is 2.86. The van der Waals surface area contributed by atoms with Gasteiger partial charge in [-0.25, -0.2) is 9.59 Å². The number of aliphatic hydroxyl groups excluding tert-OH is 2. The van der Waals surface area contributed by atoms with Gasteiger partial charge in [0.2, 0.25) is 0 Å². The Hall–Kier alpha value is -1.70. The van der Waals surface area contributed by atoms with Crippen molar-refractivity contribution in [3.63, 3.8) is 0 Å². The fraction of sp³-hybridized carbons (Fsp3) is 0.500. The van der Waals surface area contributed by atoms with E-state index in [4.69, 9.17) is 10.2 Å². The summed E-state index contributed by atoms with van der Waals surface area (Å²) in [6.45, 7) is 3.73. The van der Waals surface area contributed by atoms with E-state index in [-0.39, 0.29) is 12.5 Å². The van der Waals surface area contributed by atoms with Crippen LogP contribution in [0.2, 0.25) is 0 Å². The van der Waals surface area contributed by atoms with Gasteiger partial charge < -0.3 is 10.2 Å². The topological polar surface area (TPSA) is 77.8 Å². The van der Waals surface area contributed by atoms with Crippen molar-refractivity contribution < 1.29 is 19.8 Å². The molecule has 0 saturated heterocycles. The fourth-order valence-corrected chi connectivity index (χ4v) is 0.749. The predicted octanol–water partition coefficient (Wildman–Crippen LogP) is 0.406. The number of carbonyl (C=O) groups excluding carboxylic acids is 2. The zero-order chi connectivity index (χ0) is 10.4. The molecular weight excluding hydrogens is 174 g/mol. The Kier molecular flexibility index (Phi) is 4.38. The van der Waals surface area contributed by atoms with Gasteiger partial charge in [0.25, 0.3) is 11.8 Å². The second-order valence-corrected chi connectivity index (χ2v) is 2.86. The first-order chi connectivity index (χ1) is 6.02. The number of hydrogen-bond acceptors (Lipinski definition) is 5. The highest BCUT2D eigenvalue weighted by atomic mass is 16.3. The van der Waals surface area contributed by atoms with Crippen molar-refractivity contribution in [3.05, 3.63) is 11.8 Å². The van der Waals surface area contributed by atoms with Gasteiger partial charge in [-0.3, -0.25) is 4.90 Å². The summed E-state index contributed by atoms with van der Waals surface area (Å²) in [5.41, 5.74) is 0. The summed E-state index contributed by atoms with van der Waals surface area (Å²) in [5, 5.41) is 17.9. The van der Waals surface area contributed by atoms with E-state index in [0.29, 0.717) is 0 Å². The number of rotatable bonds is 4. The summed E-state index contributed by atoms with van der Waals surface area (Å²) in [5.74, 6) is 0.760. The average molecular weight is 185 g/mol. The SMILES string of the molecule is CC(C)CN(C(O)=C=O)C(O)=C=O. The van der Waals surface area contributed by atoms with Crippen LogP contribution in [0.5, 0.6) is 0 Å². The third kappa shape index (κ3) is 3.47. The Balaban J connectivity index is 4.76. The van der Waals surface area contributed by atoms with Crippen LogP contribution in [0.15, 0.2) is 11.8 Å². The minimum absolute atomic E-state index is 0.0611. The standard InChI is InChI=1S/C8H11NO4/c1-6(2)3-9(7(12)4-10)8(13)5-11/h6,12-13H,3H2,1-2H3. The maximum absolute atomic E-state index is 10.0. The van der Waals surface area contributed by atoms with Gasteiger partial charge in [-0.15, -0.1) is 0 Å². The Bertz CT molecular complexity index is 248. The molecule has 5 heteroatoms. The minimum atomic E-state index is -0.824. The maximum atomic E-state index is 10.0. The van der Waals surface area contributed by atoms with Gasteiger partial charge in [0.15, 0.2) is 11.9 Å². The first kappa shape index (κ1) is 11.3. The molecule has 72 valence electrons. The Morgan fingerprint density at radius 2 is 1.62 bits per heavy atom. The molecule has 0 rings (SSSR count). The third-order valence-electron chi connectivity index (χ3n) is 1.24. The van der Waals surface area contributed by atoms with Gasteiger partial charge in [-0.2, -0.15) is 0 Å². The highest BCUT2D eigenvalue weighted by molar-refractivity contribution is 5.53. The summed E-state index contributed by atoms with van der Waals surface area (Å²) in [6, 6.07) is 0. The lowest BCUT2D eigenvalue weighted by Crippen LogP contribution is -2.27. The molecule has 0 saturated carbocycles. The van der Waals surface area contributed by atoms with E-state index < -0.39 is 11.8 Å². The second kappa shape index (κ2) is 5.04. The molecule has 0 aliphatic carbocycles. The zero-order valence-corrected chi connectivity index (χ0v) is 7.44. The summed E-state index contributed by atoms with van der Waals surface area (Å²) in [6.07, 6.45) is 0. The van der Waals surface area contributed by atoms with Gasteiger partial charge >= 0.3 is 0 Å². The van der Waals surface area contributed by atoms with E-state index in [2.05, 4.69) is 0 Å². The van der Waals surface area contributed by atoms with Gasteiger partial charge in [-0.05, 0) is 5.92 Å². The lowest BCUT2D eigenvalue weighted by Gasteiger charge is -2.19. The molecular formula is C8H11NO4. The van der Waals surface area contributed by atoms with Crippen molar-refractivity contribution in [2.24, 2.45) is 5.92 Å². The molecule has 0 aromatic heterocycles. The molecule has 0 spiro atoms. The largest absolute Gasteiger partial charge is 0.486 e. The molecule has 0 bridgehead atoms. The highest BCUT2D eigenvalue weighted by Crippen LogP contribution is 2.07. The summed E-state index contributed by atoms with van der Waals surface area (Å²) in [7, 11) is 0. The van der Waals surface area contributed by atoms with E-state index in [1.54, 1.807) is 13.8 Å². The molecule has 0 atom stereocenters. The highest BCUT2D eigenvalue weighted by Gasteiger charge is 2.16. The van der Waals surface area contributed by atoms with Crippen LogP contribution < -0.4 is 0 Å². The lowest BCUT2D eigenvalue weighted by atomic mass is 10.2. The molecule has 5 nitrogen and oxygen atoms in total. The van der Waals surface area contributed by atoms with Gasteiger partial charge in [0, 0.05) is 6.54 Å². The molecule has 0 aromatic rings. The zero-order valence-electron chi connectivity index (χ0n) is 7.44. The van der Waals surface area contributed by atoms with Gasteiger partial charge in [0.05, 0.1) is 0 Å². The van der Waals surface area contributed by atoms with E-state index in [1.165, 1.54) is 11.9 Å². The van der Waals surface area contributed by atoms with Crippen molar-refractivity contribution >= 4 is 11.9 Å². The molecule has 13 heavy (non-hydrogen) atoms. The number of aliphatic hydroxyl groups is 2. The first-order valence-electron chi connectivity index (χ1n) is 3.68. The first-order valence-corrected chi connectivity index (χ1v) is 3.68. The van der Waals surface area contributed by atoms with Crippen molar-refractivity contribution in [1.82, 2.24) is 4.90 Å². The summed E-state index contributed by atoms with van der Waals surface area (Å²) in [4.78, 5) is 20.8. The van der Waals surface area contributed by atoms with E-state index >= 15 is 0 Å². The molecule has 0 radical (unpaired) electrons. The third-order valence-corrected chi connectivity index (χ3v) is 1.24. The summed E-state index contributed by atoms with van der Waals surface area (Å²) >= 11 is 0. The quantitative estimate of drug-likeness (QED) is 0.489. The van der Waals surface area contributed by atoms with Crippen LogP contribution in [0.4, 0.5) is 0 Å². The van der Waals surface area contributed by atoms with E-state index in [9.17, 15) is 9.59 Å². The minimum Gasteiger partial charge on any atom is -0.486 e. The molecule has 0 unspecified atom stereocenters. The molecule has 0 aliphatic rings. The van der Waals surface area contributed by atoms with Crippen LogP contribution >= 0.6 is 0 Å². The number of nitrogens with zero attached hydrogens (tertiary/aromatic N) is 1. The molecule has 0 fully saturated rings. The van der Waals surface area contributed by atoms with Crippen LogP contribution in [0.1, 0.15) is 13.8 Å². The van der Waals surface area contributed by atoms with Crippen LogP contribution in [-0.2, 0) is 9.59 Å². The molecule has 0 amide bonds. The fourth-order valence-electron chi connectivity index (χ4n) is 0.749. The Morgan fingerprint density at radius 3 is 1.85 bits per heavy atom. The Morgan fingerprint density at radius 1 is 1.23 bits per heavy atom. The lowest BCUT2D eigenvalue weighted by molar-refractivity contribution is 0.157. The van der Waals surface area contributed by atoms with Crippen LogP contribution in [-0.4, -0.2) is 33.5 Å². The van der Waals surface area contributed by atoms with E-state index in [0.717, 1.165) is 4.90 Å². The van der Waals surface area contributed by atoms with Gasteiger partial charge in [0.1, 0.15) is 0 Å². The average Bonchev–Trinajstić information content (AvgIpc) is 2.11. The Labute approximate surface area is 75.6 Å². The van der Waals surface area contributed by atoms with Crippen molar-refractivity contribution in [2.45, 2.75) is 13.8 Å². The van der Waals surface area contributed by atoms with Crippen molar-refractivity contribution in [3.8, 4) is 0 Å². The predicted molar refractivity (Wildman–Crippen MR) is 45.2 cm³/mol. The van der Waals surface area contributed by atoms with Crippen molar-refractivity contribution in [2.75, 3.05) is 6.54 Å². The van der Waals surface area contributed by atoms with Crippen LogP contribution in [0.25, 0.3) is 0 Å². The maximum Gasteiger partial charge on any atom is 0.283 e. The van der Waals surface area contributed by atoms with Crippen LogP contribution in [0.3, 0.4) is 0 Å². The molecule has 0 aromatic carbocycles. The van der Waals surface area contributed by atoms with E-state index in [1.807, 2.05) is 0 Å². The van der Waals surface area contributed by atoms with Crippen molar-refractivity contribution in [1.29, 1.82) is 0 Å². The molecule has 0 heterocycles. The summed E-state index contributed by atoms with van der Waals surface area (Å²) < 4.78 is 0. The van der Waals surface area contributed by atoms with Gasteiger partial charge in [-0.1, -0.05) is 13.8 Å². The normalized spacial score (nSPS) is 8.85. The smallest absolute Gasteiger partial charge is 0.283 e. The molecule has 2 N–H and O–H groups in total.